The summed E-state index contributed by atoms with van der Waals surface area (Å²) >= 11 is 0. The number of pyridine rings is 1. The Kier molecular flexibility index (Phi) is 3.03. The molecule has 1 aromatic carbocycles. The highest BCUT2D eigenvalue weighted by Crippen LogP contribution is 2.31. The van der Waals surface area contributed by atoms with Crippen LogP contribution in [0.15, 0.2) is 18.2 Å². The zero-order valence-corrected chi connectivity index (χ0v) is 9.54. The van der Waals surface area contributed by atoms with Crippen molar-refractivity contribution in [3.8, 4) is 11.5 Å². The summed E-state index contributed by atoms with van der Waals surface area (Å²) in [5.74, 6) is -1.35. The van der Waals surface area contributed by atoms with Gasteiger partial charge in [0.15, 0.2) is 5.75 Å². The molecule has 2 aromatic rings. The van der Waals surface area contributed by atoms with Gasteiger partial charge in [-0.25, -0.2) is 9.78 Å². The minimum absolute atomic E-state index is 0.0648. The van der Waals surface area contributed by atoms with E-state index in [0.717, 1.165) is 0 Å². The normalized spacial score (nSPS) is 10.6. The maximum Gasteiger partial charge on any atom is 0.340 e. The number of aliphatic hydroxyl groups is 1. The number of aromatic carboxylic acids is 1. The lowest BCUT2D eigenvalue weighted by Crippen LogP contribution is -2.03. The second-order valence-electron chi connectivity index (χ2n) is 3.63. The Balaban J connectivity index is 2.87. The van der Waals surface area contributed by atoms with Gasteiger partial charge in [-0.15, -0.1) is 0 Å². The lowest BCUT2D eigenvalue weighted by molar-refractivity contribution is 0.0695. The molecule has 0 amide bonds. The predicted molar refractivity (Wildman–Crippen MR) is 62.8 cm³/mol. The van der Waals surface area contributed by atoms with Gasteiger partial charge in [-0.3, -0.25) is 0 Å². The molecule has 1 heterocycles. The van der Waals surface area contributed by atoms with Crippen LogP contribution < -0.4 is 4.74 Å². The Hall–Kier alpha value is -2.34. The largest absolute Gasteiger partial charge is 0.505 e. The molecule has 0 atom stereocenters. The number of carboxylic acid groups (broad SMARTS) is 1. The number of benzene rings is 1. The number of aliphatic hydroxyl groups excluding tert-OH is 1. The van der Waals surface area contributed by atoms with E-state index >= 15 is 0 Å². The van der Waals surface area contributed by atoms with Crippen LogP contribution in [-0.2, 0) is 6.61 Å². The van der Waals surface area contributed by atoms with Crippen molar-refractivity contribution in [1.82, 2.24) is 4.98 Å². The fourth-order valence-corrected chi connectivity index (χ4v) is 1.74. The van der Waals surface area contributed by atoms with E-state index in [2.05, 4.69) is 4.98 Å². The average molecular weight is 249 g/mol. The molecule has 0 fully saturated rings. The summed E-state index contributed by atoms with van der Waals surface area (Å²) in [4.78, 5) is 15.2. The molecule has 3 N–H and O–H groups in total. The number of carbonyl (C=O) groups is 1. The van der Waals surface area contributed by atoms with E-state index < -0.39 is 18.3 Å². The Morgan fingerprint density at radius 3 is 2.72 bits per heavy atom. The molecule has 0 saturated heterocycles. The number of ether oxygens (including phenoxy) is 1. The highest BCUT2D eigenvalue weighted by atomic mass is 16.5. The summed E-state index contributed by atoms with van der Waals surface area (Å²) in [5.41, 5.74) is 0.0167. The Morgan fingerprint density at radius 2 is 2.17 bits per heavy atom. The number of hydrogen-bond donors (Lipinski definition) is 3. The summed E-state index contributed by atoms with van der Waals surface area (Å²) in [5, 5.41) is 28.2. The predicted octanol–water partition coefficient (Wildman–Crippen LogP) is 1.14. The molecule has 0 aliphatic carbocycles. The van der Waals surface area contributed by atoms with Crippen LogP contribution in [0.3, 0.4) is 0 Å². The molecule has 2 rings (SSSR count). The van der Waals surface area contributed by atoms with E-state index in [1.54, 1.807) is 12.1 Å². The fraction of sp³-hybridized carbons (Fsp3) is 0.167. The molecule has 0 spiro atoms. The molecule has 18 heavy (non-hydrogen) atoms. The number of carboxylic acids is 1. The number of rotatable bonds is 3. The van der Waals surface area contributed by atoms with Crippen molar-refractivity contribution in [1.29, 1.82) is 0 Å². The van der Waals surface area contributed by atoms with Crippen LogP contribution in [0.4, 0.5) is 0 Å². The quantitative estimate of drug-likeness (QED) is 0.754. The van der Waals surface area contributed by atoms with E-state index in [9.17, 15) is 9.90 Å². The topological polar surface area (TPSA) is 99.9 Å². The molecule has 0 saturated carbocycles. The summed E-state index contributed by atoms with van der Waals surface area (Å²) in [6.45, 7) is -0.534. The minimum Gasteiger partial charge on any atom is -0.505 e. The third-order valence-corrected chi connectivity index (χ3v) is 2.60. The Bertz CT molecular complexity index is 623. The minimum atomic E-state index is -1.29. The summed E-state index contributed by atoms with van der Waals surface area (Å²) in [6.07, 6.45) is 0. The average Bonchev–Trinajstić information content (AvgIpc) is 2.36. The number of aromatic hydroxyl groups is 1. The molecule has 6 heteroatoms. The van der Waals surface area contributed by atoms with Crippen LogP contribution in [-0.4, -0.2) is 33.4 Å². The van der Waals surface area contributed by atoms with E-state index in [1.807, 2.05) is 0 Å². The van der Waals surface area contributed by atoms with Crippen LogP contribution in [0.5, 0.6) is 11.5 Å². The van der Waals surface area contributed by atoms with Gasteiger partial charge in [0.05, 0.1) is 19.2 Å². The first-order valence-corrected chi connectivity index (χ1v) is 5.12. The van der Waals surface area contributed by atoms with Crippen molar-refractivity contribution in [2.45, 2.75) is 6.61 Å². The first-order chi connectivity index (χ1) is 8.58. The third kappa shape index (κ3) is 1.82. The van der Waals surface area contributed by atoms with E-state index in [-0.39, 0.29) is 16.6 Å². The lowest BCUT2D eigenvalue weighted by atomic mass is 10.1. The second-order valence-corrected chi connectivity index (χ2v) is 3.63. The van der Waals surface area contributed by atoms with Crippen LogP contribution in [0.1, 0.15) is 16.1 Å². The van der Waals surface area contributed by atoms with Gasteiger partial charge in [0.2, 0.25) is 0 Å². The number of aromatic nitrogens is 1. The van der Waals surface area contributed by atoms with Gasteiger partial charge in [-0.2, -0.15) is 0 Å². The molecular weight excluding hydrogens is 238 g/mol. The van der Waals surface area contributed by atoms with E-state index in [4.69, 9.17) is 14.9 Å². The van der Waals surface area contributed by atoms with Crippen LogP contribution >= 0.6 is 0 Å². The summed E-state index contributed by atoms with van der Waals surface area (Å²) in [6, 6.07) is 4.67. The molecule has 0 bridgehead atoms. The van der Waals surface area contributed by atoms with Gasteiger partial charge in [0, 0.05) is 5.39 Å². The maximum absolute atomic E-state index is 11.2. The van der Waals surface area contributed by atoms with Gasteiger partial charge < -0.3 is 20.1 Å². The van der Waals surface area contributed by atoms with Gasteiger partial charge in [-0.1, -0.05) is 0 Å². The SMILES string of the molecule is COc1ccc2nc(CO)c(O)c(C(=O)O)c2c1. The van der Waals surface area contributed by atoms with E-state index in [1.165, 1.54) is 13.2 Å². The molecule has 0 unspecified atom stereocenters. The molecule has 1 aromatic heterocycles. The highest BCUT2D eigenvalue weighted by molar-refractivity contribution is 6.05. The Morgan fingerprint density at radius 1 is 1.44 bits per heavy atom. The van der Waals surface area contributed by atoms with Crippen LogP contribution in [0.25, 0.3) is 10.9 Å². The first kappa shape index (κ1) is 12.1. The highest BCUT2D eigenvalue weighted by Gasteiger charge is 2.19. The van der Waals surface area contributed by atoms with Crippen molar-refractivity contribution in [2.75, 3.05) is 7.11 Å². The van der Waals surface area contributed by atoms with E-state index in [0.29, 0.717) is 11.3 Å². The number of hydrogen-bond acceptors (Lipinski definition) is 5. The zero-order chi connectivity index (χ0) is 13.3. The van der Waals surface area contributed by atoms with Gasteiger partial charge in [0.1, 0.15) is 17.0 Å². The standard InChI is InChI=1S/C12H11NO5/c1-18-6-2-3-8-7(4-6)10(12(16)17)11(15)9(5-14)13-8/h2-4,14-15H,5H2,1H3,(H,16,17). The lowest BCUT2D eigenvalue weighted by Gasteiger charge is -2.09. The molecule has 94 valence electrons. The van der Waals surface area contributed by atoms with Crippen molar-refractivity contribution < 1.29 is 24.9 Å². The fourth-order valence-electron chi connectivity index (χ4n) is 1.74. The number of fused-ring (bicyclic) bond motifs is 1. The Labute approximate surface area is 102 Å². The van der Waals surface area contributed by atoms with Crippen molar-refractivity contribution in [2.24, 2.45) is 0 Å². The van der Waals surface area contributed by atoms with Gasteiger partial charge in [0.25, 0.3) is 0 Å². The first-order valence-electron chi connectivity index (χ1n) is 5.12. The molecular formula is C12H11NO5. The molecule has 0 aliphatic heterocycles. The second kappa shape index (κ2) is 4.50. The van der Waals surface area contributed by atoms with Crippen LogP contribution in [0.2, 0.25) is 0 Å². The molecule has 6 nitrogen and oxygen atoms in total. The number of nitrogens with zero attached hydrogens (tertiary/aromatic N) is 1. The number of methoxy groups -OCH3 is 1. The van der Waals surface area contributed by atoms with Crippen LogP contribution in [0, 0.1) is 0 Å². The van der Waals surface area contributed by atoms with Crippen molar-refractivity contribution in [3.63, 3.8) is 0 Å². The smallest absolute Gasteiger partial charge is 0.340 e. The third-order valence-electron chi connectivity index (χ3n) is 2.60. The molecule has 0 radical (unpaired) electrons. The summed E-state index contributed by atoms with van der Waals surface area (Å²) in [7, 11) is 1.46. The van der Waals surface area contributed by atoms with Crippen molar-refractivity contribution >= 4 is 16.9 Å². The maximum atomic E-state index is 11.2. The van der Waals surface area contributed by atoms with Gasteiger partial charge in [-0.05, 0) is 18.2 Å². The molecule has 0 aliphatic rings. The van der Waals surface area contributed by atoms with Crippen molar-refractivity contribution in [3.05, 3.63) is 29.5 Å². The summed E-state index contributed by atoms with van der Waals surface area (Å²) < 4.78 is 5.00. The zero-order valence-electron chi connectivity index (χ0n) is 9.54. The monoisotopic (exact) mass is 249 g/mol. The van der Waals surface area contributed by atoms with Gasteiger partial charge >= 0.3 is 5.97 Å².